The van der Waals surface area contributed by atoms with Crippen molar-refractivity contribution in [2.24, 2.45) is 10.9 Å². The van der Waals surface area contributed by atoms with E-state index in [1.807, 2.05) is 0 Å². The number of aliphatic imine (C=N–C) groups is 1. The van der Waals surface area contributed by atoms with Crippen LogP contribution in [0.5, 0.6) is 0 Å². The maximum atomic E-state index is 11.3. The van der Waals surface area contributed by atoms with Crippen molar-refractivity contribution < 1.29 is 9.53 Å². The first-order chi connectivity index (χ1) is 7.54. The molecule has 0 saturated carbocycles. The first-order valence-corrected chi connectivity index (χ1v) is 5.61. The molecule has 1 atom stereocenters. The van der Waals surface area contributed by atoms with Crippen molar-refractivity contribution in [2.75, 3.05) is 27.3 Å². The van der Waals surface area contributed by atoms with Gasteiger partial charge in [0, 0.05) is 14.2 Å². The van der Waals surface area contributed by atoms with Crippen LogP contribution in [0.4, 0.5) is 0 Å². The van der Waals surface area contributed by atoms with Gasteiger partial charge >= 0.3 is 0 Å². The second kappa shape index (κ2) is 5.84. The van der Waals surface area contributed by atoms with Gasteiger partial charge in [-0.1, -0.05) is 13.8 Å². The average Bonchev–Trinajstić information content (AvgIpc) is 2.49. The van der Waals surface area contributed by atoms with Gasteiger partial charge in [0.15, 0.2) is 0 Å². The molecule has 1 rings (SSSR count). The van der Waals surface area contributed by atoms with Gasteiger partial charge in [-0.05, 0) is 12.3 Å². The van der Waals surface area contributed by atoms with Crippen LogP contribution in [-0.4, -0.2) is 50.1 Å². The van der Waals surface area contributed by atoms with Crippen LogP contribution in [0.3, 0.4) is 0 Å². The van der Waals surface area contributed by atoms with Gasteiger partial charge in [-0.25, -0.2) is 4.99 Å². The molecule has 1 amide bonds. The normalized spacial score (nSPS) is 17.9. The third kappa shape index (κ3) is 3.48. The summed E-state index contributed by atoms with van der Waals surface area (Å²) in [6, 6.07) is 0.206. The topological polar surface area (TPSA) is 53.9 Å². The Kier molecular flexibility index (Phi) is 4.73. The number of hydrogen-bond acceptors (Lipinski definition) is 4. The van der Waals surface area contributed by atoms with Gasteiger partial charge in [-0.3, -0.25) is 9.69 Å². The van der Waals surface area contributed by atoms with Gasteiger partial charge < -0.3 is 10.1 Å². The molecule has 0 radical (unpaired) electrons. The molecule has 5 heteroatoms. The van der Waals surface area contributed by atoms with Gasteiger partial charge in [0.25, 0.3) is 5.91 Å². The zero-order valence-electron chi connectivity index (χ0n) is 10.5. The molecule has 0 aromatic rings. The van der Waals surface area contributed by atoms with E-state index in [1.54, 1.807) is 19.1 Å². The van der Waals surface area contributed by atoms with Gasteiger partial charge in [0.1, 0.15) is 6.54 Å². The molecular formula is C11H21N3O2. The van der Waals surface area contributed by atoms with Gasteiger partial charge in [-0.2, -0.15) is 0 Å². The number of amides is 1. The lowest BCUT2D eigenvalue weighted by Crippen LogP contribution is -2.45. The summed E-state index contributed by atoms with van der Waals surface area (Å²) in [6.07, 6.45) is 0.995. The molecule has 0 aromatic heterocycles. The van der Waals surface area contributed by atoms with E-state index in [2.05, 4.69) is 24.2 Å². The van der Waals surface area contributed by atoms with Crippen LogP contribution in [0.1, 0.15) is 20.3 Å². The van der Waals surface area contributed by atoms with Crippen LogP contribution < -0.4 is 5.32 Å². The number of nitrogens with zero attached hydrogens (tertiary/aromatic N) is 2. The highest BCUT2D eigenvalue weighted by atomic mass is 16.5. The number of carbonyl (C=O) groups is 1. The second-order valence-corrected chi connectivity index (χ2v) is 4.52. The predicted octanol–water partition coefficient (Wildman–Crippen LogP) is 0.465. The second-order valence-electron chi connectivity index (χ2n) is 4.52. The standard InChI is InChI=1S/C11H21N3O2/c1-8(2)5-9(7-16-4)13-11-12-6-10(15)14(11)3/h8-9H,5-7H2,1-4H3,(H,12,13). The summed E-state index contributed by atoms with van der Waals surface area (Å²) < 4.78 is 5.16. The molecular weight excluding hydrogens is 206 g/mol. The minimum Gasteiger partial charge on any atom is -0.383 e. The van der Waals surface area contributed by atoms with Crippen LogP contribution in [0.15, 0.2) is 4.99 Å². The molecule has 1 aliphatic rings. The SMILES string of the molecule is COCC(CC(C)C)NC1=NCC(=O)N1C. The monoisotopic (exact) mass is 227 g/mol. The molecule has 1 N–H and O–H groups in total. The van der Waals surface area contributed by atoms with E-state index in [9.17, 15) is 4.79 Å². The minimum atomic E-state index is 0.0308. The third-order valence-electron chi connectivity index (χ3n) is 2.51. The Morgan fingerprint density at radius 1 is 1.56 bits per heavy atom. The van der Waals surface area contributed by atoms with Crippen molar-refractivity contribution in [3.05, 3.63) is 0 Å². The summed E-state index contributed by atoms with van der Waals surface area (Å²) >= 11 is 0. The molecule has 92 valence electrons. The number of nitrogens with one attached hydrogen (secondary N) is 1. The number of guanidine groups is 1. The van der Waals surface area contributed by atoms with Crippen molar-refractivity contribution in [1.29, 1.82) is 0 Å². The van der Waals surface area contributed by atoms with E-state index in [0.29, 0.717) is 18.5 Å². The zero-order chi connectivity index (χ0) is 12.1. The van der Waals surface area contributed by atoms with Gasteiger partial charge in [-0.15, -0.1) is 0 Å². The molecule has 1 unspecified atom stereocenters. The van der Waals surface area contributed by atoms with Gasteiger partial charge in [0.2, 0.25) is 5.96 Å². The smallest absolute Gasteiger partial charge is 0.250 e. The first-order valence-electron chi connectivity index (χ1n) is 5.61. The predicted molar refractivity (Wildman–Crippen MR) is 63.3 cm³/mol. The molecule has 5 nitrogen and oxygen atoms in total. The minimum absolute atomic E-state index is 0.0308. The highest BCUT2D eigenvalue weighted by molar-refractivity contribution is 6.02. The lowest BCUT2D eigenvalue weighted by atomic mass is 10.0. The number of ether oxygens (including phenoxy) is 1. The van der Waals surface area contributed by atoms with Crippen LogP contribution >= 0.6 is 0 Å². The van der Waals surface area contributed by atoms with E-state index in [1.165, 1.54) is 0 Å². The highest BCUT2D eigenvalue weighted by Gasteiger charge is 2.23. The lowest BCUT2D eigenvalue weighted by molar-refractivity contribution is -0.124. The number of likely N-dealkylation sites (N-methyl/N-ethyl adjacent to an activating group) is 1. The molecule has 0 aliphatic carbocycles. The van der Waals surface area contributed by atoms with Crippen LogP contribution in [0, 0.1) is 5.92 Å². The fourth-order valence-corrected chi connectivity index (χ4v) is 1.74. The van der Waals surface area contributed by atoms with Gasteiger partial charge in [0.05, 0.1) is 12.6 Å². The summed E-state index contributed by atoms with van der Waals surface area (Å²) in [4.78, 5) is 17.0. The number of rotatable bonds is 5. The van der Waals surface area contributed by atoms with Crippen LogP contribution in [-0.2, 0) is 9.53 Å². The fraction of sp³-hybridized carbons (Fsp3) is 0.818. The number of carbonyl (C=O) groups excluding carboxylic acids is 1. The third-order valence-corrected chi connectivity index (χ3v) is 2.51. The number of hydrogen-bond donors (Lipinski definition) is 1. The molecule has 0 fully saturated rings. The lowest BCUT2D eigenvalue weighted by Gasteiger charge is -2.23. The van der Waals surface area contributed by atoms with E-state index >= 15 is 0 Å². The van der Waals surface area contributed by atoms with Crippen LogP contribution in [0.25, 0.3) is 0 Å². The summed E-state index contributed by atoms with van der Waals surface area (Å²) in [5, 5.41) is 3.26. The van der Waals surface area contributed by atoms with Crippen molar-refractivity contribution >= 4 is 11.9 Å². The maximum absolute atomic E-state index is 11.3. The quantitative estimate of drug-likeness (QED) is 0.742. The summed E-state index contributed by atoms with van der Waals surface area (Å²) in [5.41, 5.74) is 0. The Morgan fingerprint density at radius 3 is 2.69 bits per heavy atom. The molecule has 0 saturated heterocycles. The average molecular weight is 227 g/mol. The van der Waals surface area contributed by atoms with E-state index in [0.717, 1.165) is 6.42 Å². The Labute approximate surface area is 96.9 Å². The molecule has 0 spiro atoms. The van der Waals surface area contributed by atoms with E-state index < -0.39 is 0 Å². The molecule has 1 heterocycles. The molecule has 16 heavy (non-hydrogen) atoms. The number of methoxy groups -OCH3 is 1. The van der Waals surface area contributed by atoms with Crippen molar-refractivity contribution in [3.63, 3.8) is 0 Å². The fourth-order valence-electron chi connectivity index (χ4n) is 1.74. The Bertz CT molecular complexity index is 276. The van der Waals surface area contributed by atoms with Crippen molar-refractivity contribution in [1.82, 2.24) is 10.2 Å². The van der Waals surface area contributed by atoms with Crippen molar-refractivity contribution in [2.45, 2.75) is 26.3 Å². The largest absolute Gasteiger partial charge is 0.383 e. The van der Waals surface area contributed by atoms with E-state index in [-0.39, 0.29) is 18.5 Å². The Morgan fingerprint density at radius 2 is 2.25 bits per heavy atom. The molecule has 0 aromatic carbocycles. The van der Waals surface area contributed by atoms with Crippen molar-refractivity contribution in [3.8, 4) is 0 Å². The Balaban J connectivity index is 2.51. The summed E-state index contributed by atoms with van der Waals surface area (Å²) in [5.74, 6) is 1.27. The summed E-state index contributed by atoms with van der Waals surface area (Å²) in [7, 11) is 3.42. The summed E-state index contributed by atoms with van der Waals surface area (Å²) in [6.45, 7) is 5.20. The zero-order valence-corrected chi connectivity index (χ0v) is 10.5. The van der Waals surface area contributed by atoms with E-state index in [4.69, 9.17) is 4.74 Å². The molecule has 1 aliphatic heterocycles. The first kappa shape index (κ1) is 13.0. The highest BCUT2D eigenvalue weighted by Crippen LogP contribution is 2.07. The molecule has 0 bridgehead atoms. The maximum Gasteiger partial charge on any atom is 0.250 e. The van der Waals surface area contributed by atoms with Crippen LogP contribution in [0.2, 0.25) is 0 Å². The Hall–Kier alpha value is -1.10.